The number of pyridine rings is 1. The number of hydrogen-bond acceptors (Lipinski definition) is 5. The van der Waals surface area contributed by atoms with E-state index in [9.17, 15) is 14.4 Å². The molecule has 2 aromatic carbocycles. The lowest BCUT2D eigenvalue weighted by molar-refractivity contribution is 0.596. The van der Waals surface area contributed by atoms with Crippen molar-refractivity contribution < 1.29 is 4.39 Å². The summed E-state index contributed by atoms with van der Waals surface area (Å²) in [5.41, 5.74) is 6.66. The van der Waals surface area contributed by atoms with Crippen molar-refractivity contribution in [2.75, 3.05) is 11.1 Å². The predicted octanol–water partition coefficient (Wildman–Crippen LogP) is 4.29. The third-order valence-corrected chi connectivity index (χ3v) is 6.27. The fraction of sp³-hybridized carbons (Fsp3) is 0.296. The van der Waals surface area contributed by atoms with Crippen LogP contribution in [0.15, 0.2) is 56.8 Å². The molecule has 0 saturated heterocycles. The monoisotopic (exact) mass is 491 g/mol. The first kappa shape index (κ1) is 25.0. The van der Waals surface area contributed by atoms with Crippen LogP contribution in [0.25, 0.3) is 16.7 Å². The zero-order valence-corrected chi connectivity index (χ0v) is 21.1. The topological polar surface area (TPSA) is 104 Å². The normalized spacial score (nSPS) is 12.8. The van der Waals surface area contributed by atoms with Crippen LogP contribution in [0.4, 0.5) is 21.5 Å². The summed E-state index contributed by atoms with van der Waals surface area (Å²) < 4.78 is 18.7. The van der Waals surface area contributed by atoms with Gasteiger partial charge in [0.05, 0.1) is 11.4 Å². The molecule has 1 fully saturated rings. The highest BCUT2D eigenvalue weighted by Gasteiger charge is 2.32. The lowest BCUT2D eigenvalue weighted by Crippen LogP contribution is -2.42. The van der Waals surface area contributed by atoms with Crippen LogP contribution in [0.2, 0.25) is 0 Å². The molecule has 0 bridgehead atoms. The average molecular weight is 492 g/mol. The lowest BCUT2D eigenvalue weighted by atomic mass is 10.1. The maximum absolute atomic E-state index is 15.1. The molecule has 2 aromatic heterocycles. The molecule has 0 spiro atoms. The minimum atomic E-state index is -0.667. The third kappa shape index (κ3) is 4.10. The number of nitrogens with zero attached hydrogens (tertiary/aromatic N) is 3. The van der Waals surface area contributed by atoms with E-state index < -0.39 is 22.6 Å². The molecule has 1 aliphatic carbocycles. The Morgan fingerprint density at radius 1 is 0.972 bits per heavy atom. The molecule has 0 amide bonds. The Balaban J connectivity index is 0.00000148. The van der Waals surface area contributed by atoms with Crippen LogP contribution in [0, 0.1) is 19.7 Å². The molecule has 188 valence electrons. The highest BCUT2D eigenvalue weighted by molar-refractivity contribution is 5.93. The fourth-order valence-electron chi connectivity index (χ4n) is 4.32. The van der Waals surface area contributed by atoms with Crippen LogP contribution in [0.3, 0.4) is 0 Å². The summed E-state index contributed by atoms with van der Waals surface area (Å²) in [6.45, 7) is 7.36. The summed E-state index contributed by atoms with van der Waals surface area (Å²) in [7, 11) is 1.48. The Hall–Kier alpha value is -4.14. The largest absolute Gasteiger partial charge is 0.399 e. The van der Waals surface area contributed by atoms with Gasteiger partial charge in [-0.25, -0.2) is 13.8 Å². The summed E-state index contributed by atoms with van der Waals surface area (Å²) >= 11 is 0. The van der Waals surface area contributed by atoms with Gasteiger partial charge in [0.2, 0.25) is 0 Å². The zero-order valence-electron chi connectivity index (χ0n) is 21.1. The highest BCUT2D eigenvalue weighted by atomic mass is 19.1. The van der Waals surface area contributed by atoms with Gasteiger partial charge in [-0.15, -0.1) is 0 Å². The van der Waals surface area contributed by atoms with E-state index in [0.29, 0.717) is 35.3 Å². The number of rotatable bonds is 4. The van der Waals surface area contributed by atoms with Crippen LogP contribution in [-0.4, -0.2) is 13.7 Å². The second-order valence-corrected chi connectivity index (χ2v) is 8.79. The number of aromatic nitrogens is 3. The van der Waals surface area contributed by atoms with Gasteiger partial charge in [-0.1, -0.05) is 19.9 Å². The molecule has 1 aliphatic rings. The van der Waals surface area contributed by atoms with Crippen LogP contribution in [0.5, 0.6) is 0 Å². The average Bonchev–Trinajstić information content (AvgIpc) is 3.69. The van der Waals surface area contributed by atoms with Gasteiger partial charge in [0.1, 0.15) is 16.9 Å². The Bertz CT molecular complexity index is 1640. The van der Waals surface area contributed by atoms with E-state index in [2.05, 4.69) is 5.32 Å². The Morgan fingerprint density at radius 3 is 2.19 bits per heavy atom. The quantitative estimate of drug-likeness (QED) is 0.415. The van der Waals surface area contributed by atoms with E-state index in [4.69, 9.17) is 5.73 Å². The smallest absolute Gasteiger partial charge is 0.337 e. The number of nitrogens with two attached hydrogens (primary N) is 1. The molecule has 2 heterocycles. The number of fused-ring (bicyclic) bond motifs is 1. The van der Waals surface area contributed by atoms with Crippen LogP contribution in [-0.2, 0) is 7.05 Å². The van der Waals surface area contributed by atoms with Crippen molar-refractivity contribution in [1.82, 2.24) is 13.7 Å². The minimum Gasteiger partial charge on any atom is -0.399 e. The van der Waals surface area contributed by atoms with Gasteiger partial charge in [0, 0.05) is 30.0 Å². The van der Waals surface area contributed by atoms with Gasteiger partial charge in [-0.3, -0.25) is 18.7 Å². The first-order valence-electron chi connectivity index (χ1n) is 12.0. The molecule has 36 heavy (non-hydrogen) atoms. The number of nitrogens with one attached hydrogen (secondary N) is 1. The standard InChI is InChI=1S/C25H24FN5O3.C2H6/c1-13-4-11-19(18(26)12-13)31-22-20(24(33)30(25(31)34)17-9-10-17)21(14(2)23(32)29(22)3)28-16-7-5-15(27)6-8-16;1-2/h4-8,11-12,17,28H,9-10,27H2,1-3H3;1-2H3. The lowest BCUT2D eigenvalue weighted by Gasteiger charge is -2.20. The van der Waals surface area contributed by atoms with E-state index in [1.807, 2.05) is 13.8 Å². The van der Waals surface area contributed by atoms with Gasteiger partial charge >= 0.3 is 5.69 Å². The Kier molecular flexibility index (Phi) is 6.58. The van der Waals surface area contributed by atoms with Crippen molar-refractivity contribution in [3.8, 4) is 5.69 Å². The van der Waals surface area contributed by atoms with E-state index in [1.165, 1.54) is 28.3 Å². The van der Waals surface area contributed by atoms with Crippen LogP contribution >= 0.6 is 0 Å². The minimum absolute atomic E-state index is 0.0210. The molecule has 0 radical (unpaired) electrons. The number of hydrogen-bond donors (Lipinski definition) is 2. The number of nitrogen functional groups attached to an aromatic ring is 1. The van der Waals surface area contributed by atoms with Crippen LogP contribution in [0.1, 0.15) is 43.9 Å². The van der Waals surface area contributed by atoms with Crippen molar-refractivity contribution >= 4 is 28.1 Å². The molecule has 4 aromatic rings. The molecule has 1 saturated carbocycles. The number of aryl methyl sites for hydroxylation is 2. The zero-order chi connectivity index (χ0) is 26.3. The van der Waals surface area contributed by atoms with Gasteiger partial charge < -0.3 is 11.1 Å². The van der Waals surface area contributed by atoms with Gasteiger partial charge in [0.15, 0.2) is 0 Å². The second kappa shape index (κ2) is 9.49. The first-order chi connectivity index (χ1) is 17.2. The molecule has 0 atom stereocenters. The first-order valence-corrected chi connectivity index (χ1v) is 12.0. The summed E-state index contributed by atoms with van der Waals surface area (Å²) in [5, 5.41) is 3.31. The Morgan fingerprint density at radius 2 is 1.61 bits per heavy atom. The van der Waals surface area contributed by atoms with Gasteiger partial charge in [0.25, 0.3) is 11.1 Å². The predicted molar refractivity (Wildman–Crippen MR) is 142 cm³/mol. The summed E-state index contributed by atoms with van der Waals surface area (Å²) in [5.74, 6) is -0.620. The van der Waals surface area contributed by atoms with Crippen molar-refractivity contribution in [2.45, 2.75) is 46.6 Å². The van der Waals surface area contributed by atoms with E-state index in [0.717, 1.165) is 4.57 Å². The number of halogens is 1. The van der Waals surface area contributed by atoms with E-state index >= 15 is 4.39 Å². The molecule has 8 nitrogen and oxygen atoms in total. The van der Waals surface area contributed by atoms with Crippen molar-refractivity contribution in [3.63, 3.8) is 0 Å². The Labute approximate surface area is 207 Å². The van der Waals surface area contributed by atoms with E-state index in [1.54, 1.807) is 44.2 Å². The molecular formula is C27H30FN5O3. The molecule has 5 rings (SSSR count). The third-order valence-electron chi connectivity index (χ3n) is 6.27. The molecule has 0 aliphatic heterocycles. The van der Waals surface area contributed by atoms with Crippen molar-refractivity contribution in [1.29, 1.82) is 0 Å². The number of benzene rings is 2. The molecular weight excluding hydrogens is 461 g/mol. The second-order valence-electron chi connectivity index (χ2n) is 8.79. The highest BCUT2D eigenvalue weighted by Crippen LogP contribution is 2.34. The van der Waals surface area contributed by atoms with Gasteiger partial charge in [-0.2, -0.15) is 0 Å². The van der Waals surface area contributed by atoms with E-state index in [-0.39, 0.29) is 28.5 Å². The molecule has 3 N–H and O–H groups in total. The van der Waals surface area contributed by atoms with Crippen LogP contribution < -0.4 is 27.9 Å². The summed E-state index contributed by atoms with van der Waals surface area (Å²) in [6.07, 6.45) is 1.37. The van der Waals surface area contributed by atoms with Gasteiger partial charge in [-0.05, 0) is 68.7 Å². The summed E-state index contributed by atoms with van der Waals surface area (Å²) in [4.78, 5) is 40.5. The number of anilines is 3. The SMILES string of the molecule is CC.Cc1ccc(-n2c(=O)n(C3CC3)c(=O)c3c(Nc4ccc(N)cc4)c(C)c(=O)n(C)c32)c(F)c1. The van der Waals surface area contributed by atoms with Crippen molar-refractivity contribution in [2.24, 2.45) is 7.05 Å². The maximum atomic E-state index is 15.1. The molecule has 9 heteroatoms. The summed E-state index contributed by atoms with van der Waals surface area (Å²) in [6, 6.07) is 11.1. The fourth-order valence-corrected chi connectivity index (χ4v) is 4.32. The van der Waals surface area contributed by atoms with Crippen molar-refractivity contribution in [3.05, 3.63) is 90.6 Å². The molecule has 0 unspecified atom stereocenters. The maximum Gasteiger partial charge on any atom is 0.337 e.